The lowest BCUT2D eigenvalue weighted by molar-refractivity contribution is -0.120. The molecule has 1 aromatic carbocycles. The lowest BCUT2D eigenvalue weighted by atomic mass is 10.1. The number of nitrogens with two attached hydrogens (primary N) is 1. The van der Waals surface area contributed by atoms with Crippen LogP contribution in [0.5, 0.6) is 11.5 Å². The van der Waals surface area contributed by atoms with E-state index in [2.05, 4.69) is 24.3 Å². The number of nitrogens with one attached hydrogen (secondary N) is 1. The molecule has 1 rings (SSSR count). The zero-order chi connectivity index (χ0) is 17.2. The first-order valence-corrected chi connectivity index (χ1v) is 7.42. The maximum atomic E-state index is 11.8. The molecule has 0 spiro atoms. The number of amides is 1. The number of benzene rings is 1. The SMILES string of the molecule is COc1ccc(NC(=O)CO/N=C(\N)CCC(C)C)c(OC)c1. The van der Waals surface area contributed by atoms with Crippen molar-refractivity contribution in [2.75, 3.05) is 26.1 Å². The minimum absolute atomic E-state index is 0.225. The molecule has 0 unspecified atom stereocenters. The summed E-state index contributed by atoms with van der Waals surface area (Å²) in [6.45, 7) is 3.98. The van der Waals surface area contributed by atoms with E-state index < -0.39 is 0 Å². The van der Waals surface area contributed by atoms with Gasteiger partial charge in [-0.25, -0.2) is 0 Å². The second-order valence-corrected chi connectivity index (χ2v) is 5.40. The molecule has 0 atom stereocenters. The molecule has 1 amide bonds. The monoisotopic (exact) mass is 323 g/mol. The van der Waals surface area contributed by atoms with E-state index in [9.17, 15) is 4.79 Å². The van der Waals surface area contributed by atoms with Crippen molar-refractivity contribution < 1.29 is 19.1 Å². The molecule has 0 aromatic heterocycles. The summed E-state index contributed by atoms with van der Waals surface area (Å²) in [6, 6.07) is 5.09. The zero-order valence-electron chi connectivity index (χ0n) is 14.1. The number of carbonyl (C=O) groups is 1. The number of nitrogens with zero attached hydrogens (tertiary/aromatic N) is 1. The first kappa shape index (κ1) is 18.6. The van der Waals surface area contributed by atoms with Gasteiger partial charge in [-0.05, 0) is 24.5 Å². The maximum absolute atomic E-state index is 11.8. The number of carbonyl (C=O) groups excluding carboxylic acids is 1. The van der Waals surface area contributed by atoms with Crippen LogP contribution in [0.3, 0.4) is 0 Å². The van der Waals surface area contributed by atoms with Crippen LogP contribution in [-0.4, -0.2) is 32.6 Å². The Bertz CT molecular complexity index is 544. The summed E-state index contributed by atoms with van der Waals surface area (Å²) in [5.41, 5.74) is 6.22. The second-order valence-electron chi connectivity index (χ2n) is 5.40. The topological polar surface area (TPSA) is 95.2 Å². The van der Waals surface area contributed by atoms with Crippen LogP contribution in [0, 0.1) is 5.92 Å². The highest BCUT2D eigenvalue weighted by Gasteiger charge is 2.09. The summed E-state index contributed by atoms with van der Waals surface area (Å²) < 4.78 is 10.3. The number of oxime groups is 1. The number of methoxy groups -OCH3 is 2. The summed E-state index contributed by atoms with van der Waals surface area (Å²) in [7, 11) is 3.07. The van der Waals surface area contributed by atoms with Crippen molar-refractivity contribution in [3.63, 3.8) is 0 Å². The lowest BCUT2D eigenvalue weighted by Gasteiger charge is -2.11. The fraction of sp³-hybridized carbons (Fsp3) is 0.500. The van der Waals surface area contributed by atoms with Crippen LogP contribution in [0.4, 0.5) is 5.69 Å². The Morgan fingerprint density at radius 2 is 2.04 bits per heavy atom. The maximum Gasteiger partial charge on any atom is 0.265 e. The molecular formula is C16H25N3O4. The molecule has 7 heteroatoms. The van der Waals surface area contributed by atoms with Gasteiger partial charge in [-0.1, -0.05) is 19.0 Å². The van der Waals surface area contributed by atoms with Crippen molar-refractivity contribution in [3.8, 4) is 11.5 Å². The predicted octanol–water partition coefficient (Wildman–Crippen LogP) is 2.37. The average molecular weight is 323 g/mol. The van der Waals surface area contributed by atoms with E-state index in [1.807, 2.05) is 0 Å². The molecule has 128 valence electrons. The van der Waals surface area contributed by atoms with Crippen molar-refractivity contribution in [2.24, 2.45) is 16.8 Å². The Labute approximate surface area is 136 Å². The second kappa shape index (κ2) is 9.55. The smallest absolute Gasteiger partial charge is 0.265 e. The molecule has 3 N–H and O–H groups in total. The lowest BCUT2D eigenvalue weighted by Crippen LogP contribution is -2.19. The van der Waals surface area contributed by atoms with Crippen LogP contribution in [0.25, 0.3) is 0 Å². The minimum atomic E-state index is -0.353. The van der Waals surface area contributed by atoms with E-state index in [4.69, 9.17) is 20.0 Å². The van der Waals surface area contributed by atoms with Gasteiger partial charge in [0.05, 0.1) is 19.9 Å². The van der Waals surface area contributed by atoms with Gasteiger partial charge in [-0.2, -0.15) is 0 Å². The molecule has 1 aromatic rings. The summed E-state index contributed by atoms with van der Waals surface area (Å²) in [4.78, 5) is 16.8. The van der Waals surface area contributed by atoms with Crippen molar-refractivity contribution in [2.45, 2.75) is 26.7 Å². The van der Waals surface area contributed by atoms with Crippen molar-refractivity contribution in [1.29, 1.82) is 0 Å². The Hall–Kier alpha value is -2.44. The molecule has 0 aliphatic rings. The molecule has 0 radical (unpaired) electrons. The molecule has 0 saturated carbocycles. The van der Waals surface area contributed by atoms with Gasteiger partial charge in [0.2, 0.25) is 0 Å². The van der Waals surface area contributed by atoms with Gasteiger partial charge < -0.3 is 25.4 Å². The number of anilines is 1. The van der Waals surface area contributed by atoms with Gasteiger partial charge in [-0.15, -0.1) is 0 Å². The van der Waals surface area contributed by atoms with Crippen LogP contribution >= 0.6 is 0 Å². The molecule has 0 heterocycles. The number of hydrogen-bond donors (Lipinski definition) is 2. The molecular weight excluding hydrogens is 298 g/mol. The van der Waals surface area contributed by atoms with E-state index in [1.54, 1.807) is 25.3 Å². The Kier molecular flexibility index (Phi) is 7.73. The summed E-state index contributed by atoms with van der Waals surface area (Å²) in [5.74, 6) is 1.70. The molecule has 7 nitrogen and oxygen atoms in total. The highest BCUT2D eigenvalue weighted by atomic mass is 16.6. The Morgan fingerprint density at radius 1 is 1.30 bits per heavy atom. The molecule has 0 bridgehead atoms. The normalized spacial score (nSPS) is 11.3. The quantitative estimate of drug-likeness (QED) is 0.413. The van der Waals surface area contributed by atoms with Crippen molar-refractivity contribution in [1.82, 2.24) is 0 Å². The number of rotatable bonds is 9. The van der Waals surface area contributed by atoms with E-state index >= 15 is 0 Å². The van der Waals surface area contributed by atoms with Crippen LogP contribution in [0.2, 0.25) is 0 Å². The van der Waals surface area contributed by atoms with E-state index in [1.165, 1.54) is 7.11 Å². The molecule has 0 saturated heterocycles. The van der Waals surface area contributed by atoms with Gasteiger partial charge in [0.1, 0.15) is 17.3 Å². The van der Waals surface area contributed by atoms with Crippen LogP contribution in [-0.2, 0) is 9.63 Å². The fourth-order valence-corrected chi connectivity index (χ4v) is 1.74. The third kappa shape index (κ3) is 6.90. The van der Waals surface area contributed by atoms with Crippen molar-refractivity contribution in [3.05, 3.63) is 18.2 Å². The first-order chi connectivity index (χ1) is 11.0. The highest BCUT2D eigenvalue weighted by Crippen LogP contribution is 2.28. The van der Waals surface area contributed by atoms with Crippen molar-refractivity contribution >= 4 is 17.4 Å². The largest absolute Gasteiger partial charge is 0.497 e. The Morgan fingerprint density at radius 3 is 2.65 bits per heavy atom. The third-order valence-corrected chi connectivity index (χ3v) is 3.04. The van der Waals surface area contributed by atoms with E-state index in [0.717, 1.165) is 6.42 Å². The third-order valence-electron chi connectivity index (χ3n) is 3.04. The fourth-order valence-electron chi connectivity index (χ4n) is 1.74. The van der Waals surface area contributed by atoms with E-state index in [-0.39, 0.29) is 12.5 Å². The summed E-state index contributed by atoms with van der Waals surface area (Å²) in [5, 5.41) is 6.41. The van der Waals surface area contributed by atoms with Gasteiger partial charge in [0, 0.05) is 12.5 Å². The summed E-state index contributed by atoms with van der Waals surface area (Å²) >= 11 is 0. The molecule has 0 aliphatic heterocycles. The van der Waals surface area contributed by atoms with Gasteiger partial charge >= 0.3 is 0 Å². The first-order valence-electron chi connectivity index (χ1n) is 7.42. The highest BCUT2D eigenvalue weighted by molar-refractivity contribution is 5.93. The minimum Gasteiger partial charge on any atom is -0.497 e. The van der Waals surface area contributed by atoms with Crippen LogP contribution < -0.4 is 20.5 Å². The summed E-state index contributed by atoms with van der Waals surface area (Å²) in [6.07, 6.45) is 1.57. The standard InChI is InChI=1S/C16H25N3O4/c1-11(2)5-8-15(17)19-23-10-16(20)18-13-7-6-12(21-3)9-14(13)22-4/h6-7,9,11H,5,8,10H2,1-4H3,(H2,17,19)(H,18,20). The van der Waals surface area contributed by atoms with Gasteiger partial charge in [-0.3, -0.25) is 4.79 Å². The molecule has 0 fully saturated rings. The zero-order valence-corrected chi connectivity index (χ0v) is 14.1. The average Bonchev–Trinajstić information content (AvgIpc) is 2.53. The molecule has 23 heavy (non-hydrogen) atoms. The number of ether oxygens (including phenoxy) is 2. The number of amidine groups is 1. The van der Waals surface area contributed by atoms with E-state index in [0.29, 0.717) is 35.4 Å². The predicted molar refractivity (Wildman–Crippen MR) is 89.8 cm³/mol. The molecule has 0 aliphatic carbocycles. The van der Waals surface area contributed by atoms with Gasteiger partial charge in [0.25, 0.3) is 5.91 Å². The van der Waals surface area contributed by atoms with Crippen LogP contribution in [0.15, 0.2) is 23.4 Å². The number of hydrogen-bond acceptors (Lipinski definition) is 5. The van der Waals surface area contributed by atoms with Gasteiger partial charge in [0.15, 0.2) is 6.61 Å². The van der Waals surface area contributed by atoms with Crippen LogP contribution in [0.1, 0.15) is 26.7 Å². The Balaban J connectivity index is 2.49.